The zero-order valence-electron chi connectivity index (χ0n) is 11.4. The summed E-state index contributed by atoms with van der Waals surface area (Å²) in [7, 11) is -3.82. The molecule has 1 aromatic carbocycles. The first-order valence-electron chi connectivity index (χ1n) is 6.87. The Bertz CT molecular complexity index is 573. The van der Waals surface area contributed by atoms with Crippen molar-refractivity contribution >= 4 is 9.84 Å². The van der Waals surface area contributed by atoms with Crippen molar-refractivity contribution in [1.29, 1.82) is 0 Å². The molecule has 1 aromatic rings. The third-order valence-electron chi connectivity index (χ3n) is 3.76. The quantitative estimate of drug-likeness (QED) is 0.930. The molecule has 0 heterocycles. The molecule has 1 saturated carbocycles. The van der Waals surface area contributed by atoms with Crippen molar-refractivity contribution in [1.82, 2.24) is 5.32 Å². The van der Waals surface area contributed by atoms with Gasteiger partial charge in [0.15, 0.2) is 9.84 Å². The summed E-state index contributed by atoms with van der Waals surface area (Å²) >= 11 is 0. The normalized spacial score (nSPS) is 23.8. The molecular formula is C14H19F2NO2S. The molecule has 0 amide bonds. The topological polar surface area (TPSA) is 46.2 Å². The number of nitrogens with one attached hydrogen (secondary N) is 1. The van der Waals surface area contributed by atoms with E-state index in [0.717, 1.165) is 37.6 Å². The minimum Gasteiger partial charge on any atom is -0.314 e. The van der Waals surface area contributed by atoms with E-state index in [2.05, 4.69) is 5.32 Å². The van der Waals surface area contributed by atoms with Gasteiger partial charge in [0, 0.05) is 6.04 Å². The average Bonchev–Trinajstić information content (AvgIpc) is 2.42. The molecule has 0 spiro atoms. The highest BCUT2D eigenvalue weighted by atomic mass is 32.2. The summed E-state index contributed by atoms with van der Waals surface area (Å²) in [4.78, 5) is -0.514. The minimum absolute atomic E-state index is 0.130. The molecule has 0 aliphatic heterocycles. The largest absolute Gasteiger partial charge is 0.314 e. The number of hydrogen-bond donors (Lipinski definition) is 1. The zero-order valence-corrected chi connectivity index (χ0v) is 12.2. The highest BCUT2D eigenvalue weighted by Gasteiger charge is 2.34. The lowest BCUT2D eigenvalue weighted by atomic mass is 9.95. The lowest BCUT2D eigenvalue weighted by Crippen LogP contribution is -2.39. The van der Waals surface area contributed by atoms with E-state index in [4.69, 9.17) is 0 Å². The van der Waals surface area contributed by atoms with Crippen molar-refractivity contribution in [2.45, 2.75) is 48.8 Å². The molecule has 1 aliphatic rings. The van der Waals surface area contributed by atoms with Crippen LogP contribution in [-0.2, 0) is 9.84 Å². The Kier molecular flexibility index (Phi) is 4.75. The summed E-state index contributed by atoms with van der Waals surface area (Å²) in [6.07, 6.45) is 2.65. The third-order valence-corrected chi connectivity index (χ3v) is 5.99. The third kappa shape index (κ3) is 3.17. The van der Waals surface area contributed by atoms with E-state index in [1.807, 2.05) is 6.92 Å². The van der Waals surface area contributed by atoms with Crippen molar-refractivity contribution in [3.05, 3.63) is 29.8 Å². The van der Waals surface area contributed by atoms with Crippen LogP contribution in [0.4, 0.5) is 8.78 Å². The van der Waals surface area contributed by atoms with E-state index in [1.54, 1.807) is 0 Å². The molecule has 2 unspecified atom stereocenters. The van der Waals surface area contributed by atoms with Crippen molar-refractivity contribution in [3.63, 3.8) is 0 Å². The van der Waals surface area contributed by atoms with Crippen LogP contribution in [0.15, 0.2) is 23.1 Å². The Hall–Kier alpha value is -1.01. The summed E-state index contributed by atoms with van der Waals surface area (Å²) in [6, 6.07) is 2.70. The summed E-state index contributed by atoms with van der Waals surface area (Å²) in [5.41, 5.74) is 0. The maximum absolute atomic E-state index is 13.7. The Labute approximate surface area is 118 Å². The van der Waals surface area contributed by atoms with Crippen LogP contribution in [0.2, 0.25) is 0 Å². The van der Waals surface area contributed by atoms with Crippen molar-refractivity contribution in [2.24, 2.45) is 0 Å². The summed E-state index contributed by atoms with van der Waals surface area (Å²) in [5, 5.41) is 2.59. The maximum atomic E-state index is 13.7. The van der Waals surface area contributed by atoms with Crippen molar-refractivity contribution < 1.29 is 17.2 Å². The molecule has 2 rings (SSSR count). The number of rotatable bonds is 4. The molecule has 2 atom stereocenters. The lowest BCUT2D eigenvalue weighted by molar-refractivity contribution is 0.376. The van der Waals surface area contributed by atoms with E-state index < -0.39 is 31.6 Å². The van der Waals surface area contributed by atoms with Crippen LogP contribution in [0.1, 0.15) is 32.6 Å². The van der Waals surface area contributed by atoms with Gasteiger partial charge in [-0.15, -0.1) is 0 Å². The molecular weight excluding hydrogens is 284 g/mol. The van der Waals surface area contributed by atoms with Gasteiger partial charge < -0.3 is 5.32 Å². The van der Waals surface area contributed by atoms with Crippen molar-refractivity contribution in [3.8, 4) is 0 Å². The Balaban J connectivity index is 2.27. The SMILES string of the molecule is CCNC1CCCC(S(=O)(=O)c2cc(F)ccc2F)C1. The lowest BCUT2D eigenvalue weighted by Gasteiger charge is -2.29. The zero-order chi connectivity index (χ0) is 14.8. The molecule has 0 bridgehead atoms. The van der Waals surface area contributed by atoms with Crippen LogP contribution < -0.4 is 5.32 Å². The van der Waals surface area contributed by atoms with E-state index in [0.29, 0.717) is 12.8 Å². The molecule has 3 nitrogen and oxygen atoms in total. The van der Waals surface area contributed by atoms with Crippen LogP contribution >= 0.6 is 0 Å². The molecule has 0 radical (unpaired) electrons. The second-order valence-corrected chi connectivity index (χ2v) is 7.36. The van der Waals surface area contributed by atoms with Gasteiger partial charge in [-0.3, -0.25) is 0 Å². The summed E-state index contributed by atoms with van der Waals surface area (Å²) < 4.78 is 51.9. The van der Waals surface area contributed by atoms with Gasteiger partial charge in [-0.25, -0.2) is 17.2 Å². The highest BCUT2D eigenvalue weighted by Crippen LogP contribution is 2.30. The first-order chi connectivity index (χ1) is 9.45. The highest BCUT2D eigenvalue weighted by molar-refractivity contribution is 7.92. The predicted molar refractivity (Wildman–Crippen MR) is 73.3 cm³/mol. The second kappa shape index (κ2) is 6.18. The molecule has 0 saturated heterocycles. The molecule has 112 valence electrons. The molecule has 1 fully saturated rings. The number of sulfone groups is 1. The number of hydrogen-bond acceptors (Lipinski definition) is 3. The standard InChI is InChI=1S/C14H19F2NO2S/c1-2-17-11-4-3-5-12(9-11)20(18,19)14-8-10(15)6-7-13(14)16/h6-8,11-12,17H,2-5,9H2,1H3. The van der Waals surface area contributed by atoms with Crippen LogP contribution in [0.25, 0.3) is 0 Å². The van der Waals surface area contributed by atoms with Crippen molar-refractivity contribution in [2.75, 3.05) is 6.54 Å². The summed E-state index contributed by atoms with van der Waals surface area (Å²) in [5.74, 6) is -1.61. The maximum Gasteiger partial charge on any atom is 0.184 e. The molecule has 0 aromatic heterocycles. The van der Waals surface area contributed by atoms with Gasteiger partial charge in [-0.05, 0) is 44.0 Å². The van der Waals surface area contributed by atoms with Gasteiger partial charge >= 0.3 is 0 Å². The number of halogens is 2. The van der Waals surface area contributed by atoms with Crippen LogP contribution in [-0.4, -0.2) is 26.3 Å². The van der Waals surface area contributed by atoms with E-state index in [1.165, 1.54) is 0 Å². The second-order valence-electron chi connectivity index (χ2n) is 5.16. The predicted octanol–water partition coefficient (Wildman–Crippen LogP) is 2.66. The smallest absolute Gasteiger partial charge is 0.184 e. The average molecular weight is 303 g/mol. The van der Waals surface area contributed by atoms with Crippen LogP contribution in [0.5, 0.6) is 0 Å². The van der Waals surface area contributed by atoms with E-state index in [9.17, 15) is 17.2 Å². The van der Waals surface area contributed by atoms with Gasteiger partial charge in [-0.1, -0.05) is 13.3 Å². The van der Waals surface area contributed by atoms with E-state index in [-0.39, 0.29) is 6.04 Å². The number of benzene rings is 1. The molecule has 6 heteroatoms. The van der Waals surface area contributed by atoms with Crippen LogP contribution in [0, 0.1) is 11.6 Å². The molecule has 1 aliphatic carbocycles. The fourth-order valence-corrected chi connectivity index (χ4v) is 4.71. The van der Waals surface area contributed by atoms with Crippen LogP contribution in [0.3, 0.4) is 0 Å². The molecule has 1 N–H and O–H groups in total. The Morgan fingerprint density at radius 3 is 2.75 bits per heavy atom. The molecule has 20 heavy (non-hydrogen) atoms. The Morgan fingerprint density at radius 1 is 1.30 bits per heavy atom. The first kappa shape index (κ1) is 15.4. The van der Waals surface area contributed by atoms with E-state index >= 15 is 0 Å². The Morgan fingerprint density at radius 2 is 2.05 bits per heavy atom. The van der Waals surface area contributed by atoms with Gasteiger partial charge in [0.1, 0.15) is 16.5 Å². The van der Waals surface area contributed by atoms with Gasteiger partial charge in [0.25, 0.3) is 0 Å². The van der Waals surface area contributed by atoms with Gasteiger partial charge in [0.2, 0.25) is 0 Å². The monoisotopic (exact) mass is 303 g/mol. The minimum atomic E-state index is -3.82. The first-order valence-corrected chi connectivity index (χ1v) is 8.42. The van der Waals surface area contributed by atoms with Gasteiger partial charge in [-0.2, -0.15) is 0 Å². The fraction of sp³-hybridized carbons (Fsp3) is 0.571. The van der Waals surface area contributed by atoms with Gasteiger partial charge in [0.05, 0.1) is 5.25 Å². The summed E-state index contributed by atoms with van der Waals surface area (Å²) in [6.45, 7) is 2.73. The fourth-order valence-electron chi connectivity index (χ4n) is 2.78.